The molecule has 1 N–H and O–H groups in total. The molecule has 0 spiro atoms. The molecule has 0 saturated heterocycles. The zero-order chi connectivity index (χ0) is 13.0. The van der Waals surface area contributed by atoms with Crippen LogP contribution in [0.5, 0.6) is 0 Å². The number of hydrogen-bond donors (Lipinski definition) is 1. The minimum absolute atomic E-state index is 0.106. The number of nitrogens with zero attached hydrogens (tertiary/aromatic N) is 2. The number of nitro groups is 1. The van der Waals surface area contributed by atoms with Gasteiger partial charge in [0.05, 0.1) is 4.92 Å². The van der Waals surface area contributed by atoms with Crippen LogP contribution < -0.4 is 5.32 Å². The van der Waals surface area contributed by atoms with Crippen LogP contribution in [0.1, 0.15) is 5.56 Å². The summed E-state index contributed by atoms with van der Waals surface area (Å²) in [5.74, 6) is 0.658. The average molecular weight is 281 g/mol. The fourth-order valence-electron chi connectivity index (χ4n) is 1.57. The van der Waals surface area contributed by atoms with E-state index in [1.165, 1.54) is 6.07 Å². The second-order valence-electron chi connectivity index (χ2n) is 3.41. The monoisotopic (exact) mass is 281 g/mol. The number of aromatic nitrogens is 1. The normalized spacial score (nSPS) is 10.3. The molecule has 0 aliphatic rings. The molecule has 0 radical (unpaired) electrons. The molecule has 0 aliphatic carbocycles. The number of thiazole rings is 1. The molecule has 0 unspecified atom stereocenters. The lowest BCUT2D eigenvalue weighted by atomic mass is 10.1. The van der Waals surface area contributed by atoms with Crippen LogP contribution in [-0.2, 0) is 5.75 Å². The van der Waals surface area contributed by atoms with Gasteiger partial charge in [-0.15, -0.1) is 11.3 Å². The number of para-hydroxylation sites is 1. The van der Waals surface area contributed by atoms with Gasteiger partial charge in [-0.2, -0.15) is 0 Å². The van der Waals surface area contributed by atoms with Gasteiger partial charge in [-0.1, -0.05) is 23.9 Å². The van der Waals surface area contributed by atoms with E-state index >= 15 is 0 Å². The third-order valence-corrected chi connectivity index (χ3v) is 4.35. The van der Waals surface area contributed by atoms with E-state index in [2.05, 4.69) is 10.3 Å². The predicted octanol–water partition coefficient (Wildman–Crippen LogP) is 3.39. The van der Waals surface area contributed by atoms with Crippen LogP contribution in [0, 0.1) is 10.1 Å². The summed E-state index contributed by atoms with van der Waals surface area (Å²) in [6.07, 6.45) is 1.75. The summed E-state index contributed by atoms with van der Waals surface area (Å²) < 4.78 is 0.962. The van der Waals surface area contributed by atoms with Gasteiger partial charge in [-0.05, 0) is 5.56 Å². The van der Waals surface area contributed by atoms with Crippen molar-refractivity contribution in [3.05, 3.63) is 45.5 Å². The van der Waals surface area contributed by atoms with Crippen LogP contribution in [0.15, 0.2) is 34.1 Å². The first kappa shape index (κ1) is 12.8. The molecule has 0 amide bonds. The van der Waals surface area contributed by atoms with Crippen molar-refractivity contribution >= 4 is 34.5 Å². The lowest BCUT2D eigenvalue weighted by molar-refractivity contribution is -0.384. The maximum Gasteiger partial charge on any atom is 0.292 e. The van der Waals surface area contributed by atoms with Gasteiger partial charge in [-0.3, -0.25) is 10.1 Å². The van der Waals surface area contributed by atoms with Crippen LogP contribution in [0.25, 0.3) is 0 Å². The van der Waals surface area contributed by atoms with E-state index in [0.29, 0.717) is 11.4 Å². The summed E-state index contributed by atoms with van der Waals surface area (Å²) in [7, 11) is 1.69. The van der Waals surface area contributed by atoms with Crippen LogP contribution >= 0.6 is 23.1 Å². The number of benzene rings is 1. The van der Waals surface area contributed by atoms with E-state index in [-0.39, 0.29) is 10.6 Å². The number of nitrogens with one attached hydrogen (secondary N) is 1. The van der Waals surface area contributed by atoms with Crippen molar-refractivity contribution in [1.82, 2.24) is 4.98 Å². The molecule has 1 aromatic heterocycles. The van der Waals surface area contributed by atoms with E-state index in [0.717, 1.165) is 9.90 Å². The van der Waals surface area contributed by atoms with Crippen LogP contribution in [-0.4, -0.2) is 17.0 Å². The van der Waals surface area contributed by atoms with Crippen molar-refractivity contribution in [2.24, 2.45) is 0 Å². The Bertz CT molecular complexity index is 543. The Morgan fingerprint density at radius 1 is 1.56 bits per heavy atom. The maximum atomic E-state index is 10.9. The molecule has 0 bridgehead atoms. The molecule has 0 atom stereocenters. The molecular formula is C11H11N3O2S2. The molecule has 5 nitrogen and oxygen atoms in total. The van der Waals surface area contributed by atoms with Gasteiger partial charge in [0.1, 0.15) is 10.0 Å². The first-order valence-electron chi connectivity index (χ1n) is 5.18. The van der Waals surface area contributed by atoms with Gasteiger partial charge in [0, 0.05) is 30.4 Å². The lowest BCUT2D eigenvalue weighted by Crippen LogP contribution is -2.00. The smallest absolute Gasteiger partial charge is 0.292 e. The Morgan fingerprint density at radius 2 is 2.39 bits per heavy atom. The van der Waals surface area contributed by atoms with Crippen molar-refractivity contribution in [3.63, 3.8) is 0 Å². The van der Waals surface area contributed by atoms with E-state index in [9.17, 15) is 10.1 Å². The molecule has 1 heterocycles. The number of hydrogen-bond acceptors (Lipinski definition) is 6. The van der Waals surface area contributed by atoms with Crippen molar-refractivity contribution in [3.8, 4) is 0 Å². The molecule has 2 aromatic rings. The molecule has 0 aliphatic heterocycles. The average Bonchev–Trinajstić information content (AvgIpc) is 2.88. The molecular weight excluding hydrogens is 270 g/mol. The highest BCUT2D eigenvalue weighted by molar-refractivity contribution is 8.00. The third kappa shape index (κ3) is 2.80. The molecule has 2 rings (SSSR count). The molecule has 0 fully saturated rings. The minimum Gasteiger partial charge on any atom is -0.382 e. The molecule has 94 valence electrons. The number of thioether (sulfide) groups is 1. The second-order valence-corrected chi connectivity index (χ2v) is 5.52. The highest BCUT2D eigenvalue weighted by atomic mass is 32.2. The fraction of sp³-hybridized carbons (Fsp3) is 0.182. The van der Waals surface area contributed by atoms with Crippen molar-refractivity contribution in [1.29, 1.82) is 0 Å². The molecule has 7 heteroatoms. The standard InChI is InChI=1S/C11H11N3O2S2/c1-12-10-8(3-2-4-9(10)14(15)16)7-18-11-13-5-6-17-11/h2-6,12H,7H2,1H3. The summed E-state index contributed by atoms with van der Waals surface area (Å²) >= 11 is 3.14. The number of rotatable bonds is 5. The van der Waals surface area contributed by atoms with Crippen molar-refractivity contribution in [2.45, 2.75) is 10.1 Å². The predicted molar refractivity (Wildman–Crippen MR) is 74.3 cm³/mol. The number of nitro benzene ring substituents is 1. The zero-order valence-corrected chi connectivity index (χ0v) is 11.3. The quantitative estimate of drug-likeness (QED) is 0.517. The van der Waals surface area contributed by atoms with E-state index in [1.54, 1.807) is 42.4 Å². The second kappa shape index (κ2) is 5.83. The summed E-state index contributed by atoms with van der Waals surface area (Å²) in [4.78, 5) is 14.7. The summed E-state index contributed by atoms with van der Waals surface area (Å²) in [5.41, 5.74) is 1.59. The first-order chi connectivity index (χ1) is 8.72. The Kier molecular flexibility index (Phi) is 4.16. The maximum absolute atomic E-state index is 10.9. The number of anilines is 1. The van der Waals surface area contributed by atoms with E-state index in [1.807, 2.05) is 11.4 Å². The third-order valence-electron chi connectivity index (χ3n) is 2.34. The highest BCUT2D eigenvalue weighted by Gasteiger charge is 2.16. The van der Waals surface area contributed by atoms with Crippen molar-refractivity contribution < 1.29 is 4.92 Å². The van der Waals surface area contributed by atoms with Gasteiger partial charge in [0.25, 0.3) is 5.69 Å². The zero-order valence-electron chi connectivity index (χ0n) is 9.62. The van der Waals surface area contributed by atoms with Gasteiger partial charge in [0.15, 0.2) is 0 Å². The molecule has 0 saturated carbocycles. The van der Waals surface area contributed by atoms with Gasteiger partial charge >= 0.3 is 0 Å². The van der Waals surface area contributed by atoms with Gasteiger partial charge < -0.3 is 5.32 Å². The Morgan fingerprint density at radius 3 is 3.00 bits per heavy atom. The van der Waals surface area contributed by atoms with Gasteiger partial charge in [0.2, 0.25) is 0 Å². The Labute approximate surface area is 112 Å². The SMILES string of the molecule is CNc1c(CSc2nccs2)cccc1[N+](=O)[O-]. The first-order valence-corrected chi connectivity index (χ1v) is 7.05. The van der Waals surface area contributed by atoms with Crippen molar-refractivity contribution in [2.75, 3.05) is 12.4 Å². The molecule has 18 heavy (non-hydrogen) atoms. The Hall–Kier alpha value is -1.60. The highest BCUT2D eigenvalue weighted by Crippen LogP contribution is 2.33. The largest absolute Gasteiger partial charge is 0.382 e. The topological polar surface area (TPSA) is 68.1 Å². The summed E-state index contributed by atoms with van der Waals surface area (Å²) in [6, 6.07) is 5.10. The Balaban J connectivity index is 2.22. The van der Waals surface area contributed by atoms with Crippen LogP contribution in [0.4, 0.5) is 11.4 Å². The molecule has 1 aromatic carbocycles. The van der Waals surface area contributed by atoms with Crippen LogP contribution in [0.3, 0.4) is 0 Å². The van der Waals surface area contributed by atoms with E-state index in [4.69, 9.17) is 0 Å². The lowest BCUT2D eigenvalue weighted by Gasteiger charge is -2.08. The van der Waals surface area contributed by atoms with Gasteiger partial charge in [-0.25, -0.2) is 4.98 Å². The van der Waals surface area contributed by atoms with Crippen LogP contribution in [0.2, 0.25) is 0 Å². The van der Waals surface area contributed by atoms with E-state index < -0.39 is 0 Å². The summed E-state index contributed by atoms with van der Waals surface area (Å²) in [5, 5.41) is 15.7. The summed E-state index contributed by atoms with van der Waals surface area (Å²) in [6.45, 7) is 0. The minimum atomic E-state index is -0.372. The fourth-order valence-corrected chi connectivity index (χ4v) is 3.20.